The van der Waals surface area contributed by atoms with Crippen LogP contribution in [-0.2, 0) is 0 Å². The molecule has 0 heterocycles. The van der Waals surface area contributed by atoms with E-state index in [1.165, 1.54) is 5.57 Å². The Labute approximate surface area is 84.7 Å². The Morgan fingerprint density at radius 1 is 1.46 bits per heavy atom. The second kappa shape index (κ2) is 7.29. The third-order valence-corrected chi connectivity index (χ3v) is 3.05. The number of hydrogen-bond donors (Lipinski definition) is 1. The zero-order valence-corrected chi connectivity index (χ0v) is 10.1. The Balaban J connectivity index is 4.33. The summed E-state index contributed by atoms with van der Waals surface area (Å²) in [7, 11) is 2.80. The normalized spacial score (nSPS) is 17.8. The van der Waals surface area contributed by atoms with Crippen molar-refractivity contribution in [2.24, 2.45) is 17.6 Å². The van der Waals surface area contributed by atoms with E-state index < -0.39 is 0 Å². The minimum absolute atomic E-state index is 0.518. The fourth-order valence-electron chi connectivity index (χ4n) is 1.53. The largest absolute Gasteiger partial charge is 0.327 e. The van der Waals surface area contributed by atoms with Crippen molar-refractivity contribution in [1.29, 1.82) is 0 Å². The molecule has 0 aromatic rings. The van der Waals surface area contributed by atoms with E-state index in [4.69, 9.17) is 5.73 Å². The van der Waals surface area contributed by atoms with E-state index in [-0.39, 0.29) is 0 Å². The van der Waals surface area contributed by atoms with Crippen LogP contribution in [0.25, 0.3) is 0 Å². The van der Waals surface area contributed by atoms with Gasteiger partial charge >= 0.3 is 0 Å². The summed E-state index contributed by atoms with van der Waals surface area (Å²) in [6.45, 7) is 7.23. The molecule has 0 aliphatic rings. The van der Waals surface area contributed by atoms with E-state index in [0.717, 1.165) is 6.16 Å². The van der Waals surface area contributed by atoms with Gasteiger partial charge in [-0.1, -0.05) is 37.6 Å². The van der Waals surface area contributed by atoms with Crippen LogP contribution in [0.4, 0.5) is 0 Å². The highest BCUT2D eigenvalue weighted by molar-refractivity contribution is 7.16. The maximum atomic E-state index is 5.42. The first-order valence-electron chi connectivity index (χ1n) is 4.90. The molecule has 0 aliphatic heterocycles. The van der Waals surface area contributed by atoms with E-state index in [0.29, 0.717) is 18.4 Å². The maximum Gasteiger partial charge on any atom is 0.0107 e. The number of nitrogens with two attached hydrogens (primary N) is 1. The molecule has 0 amide bonds. The lowest BCUT2D eigenvalue weighted by Gasteiger charge is -2.18. The van der Waals surface area contributed by atoms with Gasteiger partial charge in [-0.25, -0.2) is 0 Å². The minimum atomic E-state index is 0.518. The van der Waals surface area contributed by atoms with Crippen molar-refractivity contribution in [1.82, 2.24) is 0 Å². The molecule has 13 heavy (non-hydrogen) atoms. The predicted octanol–water partition coefficient (Wildman–Crippen LogP) is 2.59. The van der Waals surface area contributed by atoms with Gasteiger partial charge in [0.25, 0.3) is 0 Å². The van der Waals surface area contributed by atoms with E-state index >= 15 is 0 Å². The summed E-state index contributed by atoms with van der Waals surface area (Å²) in [4.78, 5) is 0. The summed E-state index contributed by atoms with van der Waals surface area (Å²) in [5.74, 6) is 1.16. The minimum Gasteiger partial charge on any atom is -0.327 e. The summed E-state index contributed by atoms with van der Waals surface area (Å²) in [6, 6.07) is 0. The van der Waals surface area contributed by atoms with Gasteiger partial charge in [0.15, 0.2) is 0 Å². The Hall–Kier alpha value is -0.130. The lowest BCUT2D eigenvalue weighted by atomic mass is 9.90. The molecule has 0 aromatic heterocycles. The van der Waals surface area contributed by atoms with E-state index in [1.54, 1.807) is 0 Å². The molecule has 2 heteroatoms. The SMILES string of the molecule is C/C=C(/C(C)/C=C/CN)C(C)CP. The molecular formula is C11H22NP. The second-order valence-corrected chi connectivity index (χ2v) is 3.85. The van der Waals surface area contributed by atoms with Gasteiger partial charge in [0.05, 0.1) is 0 Å². The van der Waals surface area contributed by atoms with Crippen LogP contribution in [0.5, 0.6) is 0 Å². The summed E-state index contributed by atoms with van der Waals surface area (Å²) in [5.41, 5.74) is 6.92. The Morgan fingerprint density at radius 3 is 2.46 bits per heavy atom. The quantitative estimate of drug-likeness (QED) is 0.534. The average molecular weight is 199 g/mol. The molecule has 0 saturated carbocycles. The highest BCUT2D eigenvalue weighted by atomic mass is 31.0. The zero-order chi connectivity index (χ0) is 10.3. The Kier molecular flexibility index (Phi) is 7.22. The molecule has 3 atom stereocenters. The number of allylic oxidation sites excluding steroid dienone is 3. The molecule has 0 saturated heterocycles. The fraction of sp³-hybridized carbons (Fsp3) is 0.636. The van der Waals surface area contributed by atoms with Crippen LogP contribution < -0.4 is 5.73 Å². The number of rotatable bonds is 5. The van der Waals surface area contributed by atoms with Crippen molar-refractivity contribution in [3.63, 3.8) is 0 Å². The lowest BCUT2D eigenvalue weighted by molar-refractivity contribution is 0.670. The van der Waals surface area contributed by atoms with Gasteiger partial charge in [0.2, 0.25) is 0 Å². The van der Waals surface area contributed by atoms with Crippen molar-refractivity contribution in [3.05, 3.63) is 23.8 Å². The monoisotopic (exact) mass is 199 g/mol. The molecule has 0 radical (unpaired) electrons. The van der Waals surface area contributed by atoms with E-state index in [1.807, 2.05) is 6.08 Å². The third kappa shape index (κ3) is 4.59. The molecular weight excluding hydrogens is 177 g/mol. The molecule has 0 aliphatic carbocycles. The molecule has 0 aromatic carbocycles. The van der Waals surface area contributed by atoms with Gasteiger partial charge in [-0.2, -0.15) is 0 Å². The van der Waals surface area contributed by atoms with Crippen LogP contribution in [0.1, 0.15) is 20.8 Å². The molecule has 1 nitrogen and oxygen atoms in total. The highest BCUT2D eigenvalue weighted by Crippen LogP contribution is 2.22. The summed E-state index contributed by atoms with van der Waals surface area (Å²) < 4.78 is 0. The Bertz CT molecular complexity index is 185. The van der Waals surface area contributed by atoms with Crippen LogP contribution in [0, 0.1) is 11.8 Å². The maximum absolute atomic E-state index is 5.42. The highest BCUT2D eigenvalue weighted by Gasteiger charge is 2.10. The molecule has 0 spiro atoms. The molecule has 3 unspecified atom stereocenters. The van der Waals surface area contributed by atoms with Crippen LogP contribution in [-0.4, -0.2) is 12.7 Å². The Morgan fingerprint density at radius 2 is 2.08 bits per heavy atom. The van der Waals surface area contributed by atoms with Crippen LogP contribution >= 0.6 is 9.24 Å². The van der Waals surface area contributed by atoms with Crippen molar-refractivity contribution in [2.75, 3.05) is 12.7 Å². The van der Waals surface area contributed by atoms with Gasteiger partial charge in [-0.15, -0.1) is 9.24 Å². The zero-order valence-electron chi connectivity index (χ0n) is 8.96. The molecule has 0 fully saturated rings. The standard InChI is InChI=1S/C11H22NP/c1-4-11(10(3)8-13)9(2)6-5-7-12/h4-6,9-10H,7-8,12-13H2,1-3H3/b6-5+,11-4-. The van der Waals surface area contributed by atoms with Crippen LogP contribution in [0.3, 0.4) is 0 Å². The first kappa shape index (κ1) is 12.9. The summed E-state index contributed by atoms with van der Waals surface area (Å²) in [6.07, 6.45) is 7.57. The topological polar surface area (TPSA) is 26.0 Å². The molecule has 0 rings (SSSR count). The fourth-order valence-corrected chi connectivity index (χ4v) is 1.80. The predicted molar refractivity (Wildman–Crippen MR) is 64.9 cm³/mol. The first-order valence-corrected chi connectivity index (χ1v) is 5.71. The van der Waals surface area contributed by atoms with Gasteiger partial charge < -0.3 is 5.73 Å². The summed E-state index contributed by atoms with van der Waals surface area (Å²) in [5, 5.41) is 0. The second-order valence-electron chi connectivity index (χ2n) is 3.38. The summed E-state index contributed by atoms with van der Waals surface area (Å²) >= 11 is 0. The van der Waals surface area contributed by atoms with Gasteiger partial charge in [0, 0.05) is 6.54 Å². The van der Waals surface area contributed by atoms with Crippen LogP contribution in [0.2, 0.25) is 0 Å². The average Bonchev–Trinajstić information content (AvgIpc) is 2.15. The van der Waals surface area contributed by atoms with E-state index in [9.17, 15) is 0 Å². The number of hydrogen-bond acceptors (Lipinski definition) is 1. The smallest absolute Gasteiger partial charge is 0.0107 e. The van der Waals surface area contributed by atoms with Gasteiger partial charge in [-0.05, 0) is 24.9 Å². The van der Waals surface area contributed by atoms with Crippen molar-refractivity contribution < 1.29 is 0 Å². The van der Waals surface area contributed by atoms with Crippen molar-refractivity contribution >= 4 is 9.24 Å². The molecule has 2 N–H and O–H groups in total. The first-order chi connectivity index (χ1) is 6.17. The van der Waals surface area contributed by atoms with Gasteiger partial charge in [0.1, 0.15) is 0 Å². The lowest BCUT2D eigenvalue weighted by Crippen LogP contribution is -2.08. The van der Waals surface area contributed by atoms with Crippen molar-refractivity contribution in [3.8, 4) is 0 Å². The van der Waals surface area contributed by atoms with Crippen molar-refractivity contribution in [2.45, 2.75) is 20.8 Å². The molecule has 76 valence electrons. The van der Waals surface area contributed by atoms with Gasteiger partial charge in [-0.3, -0.25) is 0 Å². The van der Waals surface area contributed by atoms with Crippen LogP contribution in [0.15, 0.2) is 23.8 Å². The van der Waals surface area contributed by atoms with E-state index in [2.05, 4.69) is 42.2 Å². The molecule has 0 bridgehead atoms. The third-order valence-electron chi connectivity index (χ3n) is 2.34.